The van der Waals surface area contributed by atoms with E-state index in [4.69, 9.17) is 9.47 Å². The van der Waals surface area contributed by atoms with Crippen LogP contribution in [0.4, 0.5) is 0 Å². The van der Waals surface area contributed by atoms with Gasteiger partial charge in [-0.05, 0) is 29.0 Å². The van der Waals surface area contributed by atoms with Crippen molar-refractivity contribution in [2.24, 2.45) is 0 Å². The van der Waals surface area contributed by atoms with Gasteiger partial charge in [0.05, 0.1) is 5.69 Å². The molecule has 7 nitrogen and oxygen atoms in total. The number of benzene rings is 1. The largest absolute Gasteiger partial charge is 0.486 e. The molecule has 8 heteroatoms. The predicted molar refractivity (Wildman–Crippen MR) is 85.4 cm³/mol. The van der Waals surface area contributed by atoms with Crippen LogP contribution in [-0.4, -0.2) is 45.0 Å². The van der Waals surface area contributed by atoms with Crippen molar-refractivity contribution < 1.29 is 14.3 Å². The maximum Gasteiger partial charge on any atom is 0.214 e. The van der Waals surface area contributed by atoms with E-state index < -0.39 is 0 Å². The molecule has 122 valence electrons. The van der Waals surface area contributed by atoms with Crippen molar-refractivity contribution in [3.63, 3.8) is 0 Å². The van der Waals surface area contributed by atoms with Crippen LogP contribution < -0.4 is 9.47 Å². The summed E-state index contributed by atoms with van der Waals surface area (Å²) in [6.07, 6.45) is 2.03. The molecule has 2 heterocycles. The summed E-state index contributed by atoms with van der Waals surface area (Å²) in [4.78, 5) is 11.3. The molecule has 23 heavy (non-hydrogen) atoms. The first-order valence-electron chi connectivity index (χ1n) is 7.61. The summed E-state index contributed by atoms with van der Waals surface area (Å²) in [5.41, 5.74) is 0.825. The van der Waals surface area contributed by atoms with E-state index in [1.807, 2.05) is 25.1 Å². The van der Waals surface area contributed by atoms with Crippen LogP contribution in [0.5, 0.6) is 11.5 Å². The van der Waals surface area contributed by atoms with Gasteiger partial charge in [0, 0.05) is 24.7 Å². The van der Waals surface area contributed by atoms with Gasteiger partial charge in [-0.25, -0.2) is 0 Å². The number of hydrogen-bond donors (Lipinski definition) is 0. The summed E-state index contributed by atoms with van der Waals surface area (Å²) in [6.45, 7) is 2.99. The van der Waals surface area contributed by atoms with E-state index in [0.29, 0.717) is 37.0 Å². The number of nitrogens with zero attached hydrogens (tertiary/aromatic N) is 4. The third kappa shape index (κ3) is 3.82. The topological polar surface area (TPSA) is 79.1 Å². The Morgan fingerprint density at radius 2 is 2.13 bits per heavy atom. The van der Waals surface area contributed by atoms with Gasteiger partial charge in [0.15, 0.2) is 11.5 Å². The zero-order valence-electron chi connectivity index (χ0n) is 12.9. The Hall–Kier alpha value is -2.09. The fourth-order valence-corrected chi connectivity index (χ4v) is 3.03. The third-order valence-electron chi connectivity index (χ3n) is 3.44. The molecule has 0 amide bonds. The van der Waals surface area contributed by atoms with Crippen molar-refractivity contribution >= 4 is 17.5 Å². The number of carbonyl (C=O) groups excluding carboxylic acids is 1. The first-order valence-corrected chi connectivity index (χ1v) is 8.59. The predicted octanol–water partition coefficient (Wildman–Crippen LogP) is 2.28. The highest BCUT2D eigenvalue weighted by Gasteiger charge is 2.15. The zero-order valence-corrected chi connectivity index (χ0v) is 13.7. The van der Waals surface area contributed by atoms with Crippen LogP contribution in [0, 0.1) is 0 Å². The summed E-state index contributed by atoms with van der Waals surface area (Å²) in [5, 5.41) is 12.5. The second-order valence-corrected chi connectivity index (χ2v) is 6.11. The van der Waals surface area contributed by atoms with Crippen molar-refractivity contribution in [3.8, 4) is 17.2 Å². The van der Waals surface area contributed by atoms with Crippen molar-refractivity contribution in [1.29, 1.82) is 0 Å². The lowest BCUT2D eigenvalue weighted by atomic mass is 10.2. The molecule has 1 aromatic heterocycles. The molecule has 0 saturated carbocycles. The zero-order chi connectivity index (χ0) is 16.1. The van der Waals surface area contributed by atoms with Gasteiger partial charge >= 0.3 is 0 Å². The Labute approximate surface area is 138 Å². The standard InChI is InChI=1S/C15H18N4O3S/c1-2-12(20)4-3-9-23-15-16-17-18-19(15)11-5-6-13-14(10-11)22-8-7-21-13/h5-6,10H,2-4,7-9H2,1H3. The fraction of sp³-hybridized carbons (Fsp3) is 0.467. The summed E-state index contributed by atoms with van der Waals surface area (Å²) < 4.78 is 12.8. The lowest BCUT2D eigenvalue weighted by Crippen LogP contribution is -2.15. The lowest BCUT2D eigenvalue weighted by Gasteiger charge is -2.18. The first-order chi connectivity index (χ1) is 11.3. The molecule has 2 aromatic rings. The van der Waals surface area contributed by atoms with Crippen LogP contribution >= 0.6 is 11.8 Å². The molecule has 1 aliphatic rings. The number of Topliss-reactive ketones (excluding diaryl/α,β-unsaturated/α-hetero) is 1. The molecule has 0 atom stereocenters. The van der Waals surface area contributed by atoms with Crippen LogP contribution in [0.3, 0.4) is 0 Å². The van der Waals surface area contributed by atoms with Crippen LogP contribution in [0.25, 0.3) is 5.69 Å². The monoisotopic (exact) mass is 334 g/mol. The summed E-state index contributed by atoms with van der Waals surface area (Å²) in [6, 6.07) is 5.63. The van der Waals surface area contributed by atoms with E-state index in [1.54, 1.807) is 16.4 Å². The Kier molecular flexibility index (Phi) is 5.12. The number of ketones is 1. The molecule has 0 aliphatic carbocycles. The second kappa shape index (κ2) is 7.45. The number of carbonyl (C=O) groups is 1. The molecule has 0 radical (unpaired) electrons. The highest BCUT2D eigenvalue weighted by Crippen LogP contribution is 2.32. The van der Waals surface area contributed by atoms with Crippen LogP contribution in [-0.2, 0) is 4.79 Å². The Morgan fingerprint density at radius 3 is 2.96 bits per heavy atom. The normalized spacial score (nSPS) is 13.1. The highest BCUT2D eigenvalue weighted by molar-refractivity contribution is 7.99. The Morgan fingerprint density at radius 1 is 1.30 bits per heavy atom. The molecule has 0 N–H and O–H groups in total. The molecule has 1 aliphatic heterocycles. The molecule has 0 spiro atoms. The molecular weight excluding hydrogens is 316 g/mol. The number of thioether (sulfide) groups is 1. The number of tetrazole rings is 1. The van der Waals surface area contributed by atoms with Crippen molar-refractivity contribution in [1.82, 2.24) is 20.2 Å². The summed E-state index contributed by atoms with van der Waals surface area (Å²) in [5.74, 6) is 2.53. The molecular formula is C15H18N4O3S. The number of fused-ring (bicyclic) bond motifs is 1. The number of ether oxygens (including phenoxy) is 2. The smallest absolute Gasteiger partial charge is 0.214 e. The average molecular weight is 334 g/mol. The summed E-state index contributed by atoms with van der Waals surface area (Å²) in [7, 11) is 0. The average Bonchev–Trinajstić information content (AvgIpc) is 3.06. The van der Waals surface area contributed by atoms with Gasteiger partial charge in [-0.15, -0.1) is 5.10 Å². The van der Waals surface area contributed by atoms with Crippen molar-refractivity contribution in [3.05, 3.63) is 18.2 Å². The molecule has 0 unspecified atom stereocenters. The first kappa shape index (κ1) is 15.8. The number of rotatable bonds is 7. The van der Waals surface area contributed by atoms with Crippen LogP contribution in [0.2, 0.25) is 0 Å². The van der Waals surface area contributed by atoms with Crippen LogP contribution in [0.15, 0.2) is 23.4 Å². The third-order valence-corrected chi connectivity index (χ3v) is 4.44. The van der Waals surface area contributed by atoms with E-state index in [1.165, 1.54) is 0 Å². The van der Waals surface area contributed by atoms with Gasteiger partial charge in [-0.2, -0.15) is 4.68 Å². The Balaban J connectivity index is 1.67. The maximum atomic E-state index is 11.3. The van der Waals surface area contributed by atoms with Gasteiger partial charge < -0.3 is 9.47 Å². The minimum absolute atomic E-state index is 0.289. The van der Waals surface area contributed by atoms with E-state index >= 15 is 0 Å². The molecule has 3 rings (SSSR count). The van der Waals surface area contributed by atoms with Gasteiger partial charge in [0.25, 0.3) is 0 Å². The van der Waals surface area contributed by atoms with Crippen molar-refractivity contribution in [2.45, 2.75) is 31.3 Å². The highest BCUT2D eigenvalue weighted by atomic mass is 32.2. The minimum Gasteiger partial charge on any atom is -0.486 e. The molecule has 1 aromatic carbocycles. The van der Waals surface area contributed by atoms with E-state index in [-0.39, 0.29) is 5.78 Å². The number of hydrogen-bond acceptors (Lipinski definition) is 7. The SMILES string of the molecule is CCC(=O)CCCSc1nnnn1-c1ccc2c(c1)OCCO2. The maximum absolute atomic E-state index is 11.3. The van der Waals surface area contributed by atoms with Crippen molar-refractivity contribution in [2.75, 3.05) is 19.0 Å². The quantitative estimate of drug-likeness (QED) is 0.568. The van der Waals surface area contributed by atoms with Crippen LogP contribution in [0.1, 0.15) is 26.2 Å². The lowest BCUT2D eigenvalue weighted by molar-refractivity contribution is -0.118. The van der Waals surface area contributed by atoms with E-state index in [2.05, 4.69) is 15.5 Å². The summed E-state index contributed by atoms with van der Waals surface area (Å²) >= 11 is 1.54. The van der Waals surface area contributed by atoms with Gasteiger partial charge in [-0.1, -0.05) is 18.7 Å². The molecule has 0 fully saturated rings. The molecule has 0 saturated heterocycles. The Bertz CT molecular complexity index is 689. The van der Waals surface area contributed by atoms with E-state index in [9.17, 15) is 4.79 Å². The van der Waals surface area contributed by atoms with Gasteiger partial charge in [0.1, 0.15) is 19.0 Å². The minimum atomic E-state index is 0.289. The second-order valence-electron chi connectivity index (χ2n) is 5.05. The fourth-order valence-electron chi connectivity index (χ4n) is 2.20. The number of aromatic nitrogens is 4. The van der Waals surface area contributed by atoms with Gasteiger partial charge in [-0.3, -0.25) is 4.79 Å². The van der Waals surface area contributed by atoms with E-state index in [0.717, 1.165) is 23.6 Å². The van der Waals surface area contributed by atoms with Gasteiger partial charge in [0.2, 0.25) is 5.16 Å². The molecule has 0 bridgehead atoms.